The fraction of sp³-hybridized carbons (Fsp3) is 0.867. The van der Waals surface area contributed by atoms with Crippen molar-refractivity contribution in [2.45, 2.75) is 64.1 Å². The number of carbonyl (C=O) groups excluding carboxylic acids is 2. The Morgan fingerprint density at radius 1 is 1.35 bits per heavy atom. The summed E-state index contributed by atoms with van der Waals surface area (Å²) in [6.07, 6.45) is 4.54. The summed E-state index contributed by atoms with van der Waals surface area (Å²) >= 11 is 0. The highest BCUT2D eigenvalue weighted by atomic mass is 16.6. The normalized spacial score (nSPS) is 36.0. The number of nitrogens with zero attached hydrogens (tertiary/aromatic N) is 1. The Bertz CT molecular complexity index is 410. The molecular formula is C15H24N2O3. The van der Waals surface area contributed by atoms with Gasteiger partial charge in [0.2, 0.25) is 5.91 Å². The number of rotatable bonds is 2. The Labute approximate surface area is 120 Å². The number of fused-ring (bicyclic) bond motifs is 4. The number of nitrogens with one attached hydrogen (secondary N) is 1. The Kier molecular flexibility index (Phi) is 3.61. The van der Waals surface area contributed by atoms with E-state index >= 15 is 0 Å². The van der Waals surface area contributed by atoms with Crippen molar-refractivity contribution in [2.24, 2.45) is 11.8 Å². The minimum Gasteiger partial charge on any atom is -0.446 e. The highest BCUT2D eigenvalue weighted by molar-refractivity contribution is 5.81. The van der Waals surface area contributed by atoms with Crippen molar-refractivity contribution in [3.63, 3.8) is 0 Å². The Hall–Kier alpha value is -1.26. The maximum absolute atomic E-state index is 12.4. The van der Waals surface area contributed by atoms with Crippen molar-refractivity contribution < 1.29 is 14.3 Å². The summed E-state index contributed by atoms with van der Waals surface area (Å²) in [5.41, 5.74) is 0. The first-order valence-corrected chi connectivity index (χ1v) is 7.84. The molecule has 0 spiro atoms. The van der Waals surface area contributed by atoms with Crippen LogP contribution in [0.3, 0.4) is 0 Å². The first-order valence-electron chi connectivity index (χ1n) is 7.84. The molecule has 2 heterocycles. The van der Waals surface area contributed by atoms with E-state index in [1.807, 2.05) is 13.8 Å². The molecule has 3 rings (SSSR count). The van der Waals surface area contributed by atoms with Crippen molar-refractivity contribution in [1.82, 2.24) is 10.2 Å². The summed E-state index contributed by atoms with van der Waals surface area (Å²) in [5.74, 6) is 0.712. The van der Waals surface area contributed by atoms with Gasteiger partial charge in [-0.2, -0.15) is 0 Å². The molecule has 5 nitrogen and oxygen atoms in total. The number of amides is 2. The van der Waals surface area contributed by atoms with Crippen LogP contribution in [0.5, 0.6) is 0 Å². The SMILES string of the molecule is CC(C)NC(=O)OC1CC2CC1[C@H]1CCCCN1C2=O. The summed E-state index contributed by atoms with van der Waals surface area (Å²) in [4.78, 5) is 26.3. The van der Waals surface area contributed by atoms with Gasteiger partial charge in [-0.25, -0.2) is 4.79 Å². The fourth-order valence-electron chi connectivity index (χ4n) is 4.09. The molecule has 3 unspecified atom stereocenters. The van der Waals surface area contributed by atoms with Gasteiger partial charge >= 0.3 is 6.09 Å². The lowest BCUT2D eigenvalue weighted by molar-refractivity contribution is -0.143. The number of hydrogen-bond acceptors (Lipinski definition) is 3. The maximum atomic E-state index is 12.4. The van der Waals surface area contributed by atoms with E-state index in [4.69, 9.17) is 4.74 Å². The van der Waals surface area contributed by atoms with Gasteiger partial charge in [0, 0.05) is 30.5 Å². The zero-order valence-electron chi connectivity index (χ0n) is 12.3. The van der Waals surface area contributed by atoms with Gasteiger partial charge in [-0.3, -0.25) is 4.79 Å². The van der Waals surface area contributed by atoms with Gasteiger partial charge in [-0.05, 0) is 46.0 Å². The molecule has 2 saturated heterocycles. The summed E-state index contributed by atoms with van der Waals surface area (Å²) in [5, 5.41) is 2.77. The third kappa shape index (κ3) is 2.38. The molecule has 20 heavy (non-hydrogen) atoms. The Balaban J connectivity index is 1.69. The molecule has 5 heteroatoms. The number of carbonyl (C=O) groups is 2. The minimum absolute atomic E-state index is 0.0752. The molecule has 1 N–H and O–H groups in total. The molecule has 0 radical (unpaired) electrons. The average Bonchev–Trinajstić information content (AvgIpc) is 2.76. The summed E-state index contributed by atoms with van der Waals surface area (Å²) in [6, 6.07) is 0.378. The Morgan fingerprint density at radius 2 is 2.15 bits per heavy atom. The van der Waals surface area contributed by atoms with Gasteiger partial charge in [0.05, 0.1) is 0 Å². The summed E-state index contributed by atoms with van der Waals surface area (Å²) < 4.78 is 5.60. The van der Waals surface area contributed by atoms with E-state index in [0.29, 0.717) is 24.3 Å². The standard InChI is InChI=1S/C15H24N2O3/c1-9(2)16-15(19)20-13-8-10-7-11(13)12-5-3-4-6-17(12)14(10)18/h9-13H,3-8H2,1-2H3,(H,16,19)/t10?,11?,12-,13?/m1/s1. The molecular weight excluding hydrogens is 256 g/mol. The molecule has 1 saturated carbocycles. The minimum atomic E-state index is -0.340. The van der Waals surface area contributed by atoms with Crippen LogP contribution in [0.4, 0.5) is 4.79 Å². The molecule has 0 aromatic rings. The van der Waals surface area contributed by atoms with Crippen molar-refractivity contribution in [1.29, 1.82) is 0 Å². The van der Waals surface area contributed by atoms with Crippen molar-refractivity contribution in [3.8, 4) is 0 Å². The van der Waals surface area contributed by atoms with E-state index in [1.54, 1.807) is 0 Å². The molecule has 4 atom stereocenters. The van der Waals surface area contributed by atoms with Crippen LogP contribution in [0, 0.1) is 11.8 Å². The smallest absolute Gasteiger partial charge is 0.407 e. The first kappa shape index (κ1) is 13.7. The van der Waals surface area contributed by atoms with Crippen molar-refractivity contribution in [3.05, 3.63) is 0 Å². The average molecular weight is 280 g/mol. The monoisotopic (exact) mass is 280 g/mol. The molecule has 112 valence electrons. The van der Waals surface area contributed by atoms with Crippen LogP contribution in [-0.4, -0.2) is 41.6 Å². The molecule has 0 aromatic heterocycles. The number of hydrogen-bond donors (Lipinski definition) is 1. The van der Waals surface area contributed by atoms with E-state index < -0.39 is 0 Å². The van der Waals surface area contributed by atoms with Gasteiger partial charge in [0.15, 0.2) is 0 Å². The molecule has 2 aliphatic heterocycles. The Morgan fingerprint density at radius 3 is 2.90 bits per heavy atom. The lowest BCUT2D eigenvalue weighted by atomic mass is 9.84. The molecule has 3 fully saturated rings. The third-order valence-corrected chi connectivity index (χ3v) is 4.89. The largest absolute Gasteiger partial charge is 0.446 e. The number of ether oxygens (including phenoxy) is 1. The lowest BCUT2D eigenvalue weighted by Crippen LogP contribution is -2.53. The second-order valence-corrected chi connectivity index (χ2v) is 6.67. The summed E-state index contributed by atoms with van der Waals surface area (Å²) in [6.45, 7) is 4.72. The van der Waals surface area contributed by atoms with Gasteiger partial charge < -0.3 is 15.0 Å². The van der Waals surface area contributed by atoms with E-state index in [9.17, 15) is 9.59 Å². The third-order valence-electron chi connectivity index (χ3n) is 4.89. The van der Waals surface area contributed by atoms with Crippen molar-refractivity contribution >= 4 is 12.0 Å². The molecule has 3 aliphatic rings. The molecule has 1 aliphatic carbocycles. The van der Waals surface area contributed by atoms with Crippen LogP contribution in [0.2, 0.25) is 0 Å². The fourth-order valence-corrected chi connectivity index (χ4v) is 4.09. The predicted octanol–water partition coefficient (Wildman–Crippen LogP) is 1.91. The van der Waals surface area contributed by atoms with Gasteiger partial charge in [-0.1, -0.05) is 0 Å². The quantitative estimate of drug-likeness (QED) is 0.840. The van der Waals surface area contributed by atoms with Crippen LogP contribution in [0.1, 0.15) is 46.0 Å². The van der Waals surface area contributed by atoms with Gasteiger partial charge in [-0.15, -0.1) is 0 Å². The lowest BCUT2D eigenvalue weighted by Gasteiger charge is -2.43. The molecule has 0 aromatic carbocycles. The molecule has 2 amide bonds. The first-order chi connectivity index (χ1) is 9.56. The summed E-state index contributed by atoms with van der Waals surface area (Å²) in [7, 11) is 0. The van der Waals surface area contributed by atoms with E-state index in [1.165, 1.54) is 6.42 Å². The second kappa shape index (κ2) is 5.26. The van der Waals surface area contributed by atoms with Crippen LogP contribution in [0.15, 0.2) is 0 Å². The number of piperidine rings is 2. The maximum Gasteiger partial charge on any atom is 0.407 e. The van der Waals surface area contributed by atoms with Crippen LogP contribution in [0.25, 0.3) is 0 Å². The van der Waals surface area contributed by atoms with Crippen LogP contribution < -0.4 is 5.32 Å². The highest BCUT2D eigenvalue weighted by Crippen LogP contribution is 2.45. The highest BCUT2D eigenvalue weighted by Gasteiger charge is 2.52. The topological polar surface area (TPSA) is 58.6 Å². The van der Waals surface area contributed by atoms with E-state index in [-0.39, 0.29) is 24.2 Å². The zero-order chi connectivity index (χ0) is 14.3. The number of alkyl carbamates (subject to hydrolysis) is 1. The molecule has 2 bridgehead atoms. The van der Waals surface area contributed by atoms with Gasteiger partial charge in [0.25, 0.3) is 0 Å². The van der Waals surface area contributed by atoms with Crippen molar-refractivity contribution in [2.75, 3.05) is 6.54 Å². The van der Waals surface area contributed by atoms with Gasteiger partial charge in [0.1, 0.15) is 6.10 Å². The van der Waals surface area contributed by atoms with Crippen LogP contribution >= 0.6 is 0 Å². The van der Waals surface area contributed by atoms with Crippen LogP contribution in [-0.2, 0) is 9.53 Å². The zero-order valence-corrected chi connectivity index (χ0v) is 12.3. The van der Waals surface area contributed by atoms with E-state index in [2.05, 4.69) is 10.2 Å². The van der Waals surface area contributed by atoms with E-state index in [0.717, 1.165) is 25.8 Å². The predicted molar refractivity (Wildman–Crippen MR) is 74.1 cm³/mol. The second-order valence-electron chi connectivity index (χ2n) is 6.67.